The van der Waals surface area contributed by atoms with Crippen LogP contribution in [0, 0.1) is 5.41 Å². The summed E-state index contributed by atoms with van der Waals surface area (Å²) in [6, 6.07) is 0.549. The molecule has 2 aliphatic rings. The average Bonchev–Trinajstić information content (AvgIpc) is 3.00. The van der Waals surface area contributed by atoms with Gasteiger partial charge in [0.15, 0.2) is 0 Å². The van der Waals surface area contributed by atoms with E-state index in [1.807, 2.05) is 6.92 Å². The number of carbonyl (C=O) groups is 1. The molecule has 0 aliphatic heterocycles. The van der Waals surface area contributed by atoms with E-state index in [4.69, 9.17) is 4.74 Å². The van der Waals surface area contributed by atoms with Gasteiger partial charge < -0.3 is 4.74 Å². The van der Waals surface area contributed by atoms with Crippen molar-refractivity contribution in [1.82, 2.24) is 5.32 Å². The first kappa shape index (κ1) is 12.9. The van der Waals surface area contributed by atoms with E-state index in [9.17, 15) is 4.79 Å². The highest BCUT2D eigenvalue weighted by atomic mass is 16.5. The lowest BCUT2D eigenvalue weighted by atomic mass is 9.68. The molecule has 0 aromatic rings. The molecule has 98 valence electrons. The summed E-state index contributed by atoms with van der Waals surface area (Å²) in [6.07, 6.45) is 6.59. The molecule has 1 unspecified atom stereocenters. The Morgan fingerprint density at radius 3 is 2.59 bits per heavy atom. The molecule has 2 rings (SSSR count). The van der Waals surface area contributed by atoms with Crippen LogP contribution in [0.5, 0.6) is 0 Å². The highest BCUT2D eigenvalue weighted by molar-refractivity contribution is 5.81. The number of nitrogens with one attached hydrogen (secondary N) is 1. The second-order valence-electron chi connectivity index (χ2n) is 6.42. The van der Waals surface area contributed by atoms with Gasteiger partial charge in [-0.05, 0) is 44.4 Å². The molecule has 0 amide bonds. The quantitative estimate of drug-likeness (QED) is 0.766. The van der Waals surface area contributed by atoms with Crippen LogP contribution in [-0.4, -0.2) is 24.2 Å². The summed E-state index contributed by atoms with van der Waals surface area (Å²) in [5.41, 5.74) is -0.161. The Labute approximate surface area is 104 Å². The maximum atomic E-state index is 12.3. The van der Waals surface area contributed by atoms with Gasteiger partial charge in [0.25, 0.3) is 0 Å². The monoisotopic (exact) mass is 239 g/mol. The Morgan fingerprint density at radius 2 is 2.06 bits per heavy atom. The van der Waals surface area contributed by atoms with Gasteiger partial charge in [0.1, 0.15) is 5.54 Å². The summed E-state index contributed by atoms with van der Waals surface area (Å²) in [7, 11) is 0. The fourth-order valence-corrected chi connectivity index (χ4v) is 3.11. The van der Waals surface area contributed by atoms with Crippen LogP contribution in [0.4, 0.5) is 0 Å². The molecular weight excluding hydrogens is 214 g/mol. The summed E-state index contributed by atoms with van der Waals surface area (Å²) in [4.78, 5) is 12.3. The molecule has 2 aliphatic carbocycles. The highest BCUT2D eigenvalue weighted by Gasteiger charge is 2.48. The lowest BCUT2D eigenvalue weighted by molar-refractivity contribution is -0.155. The maximum Gasteiger partial charge on any atom is 0.326 e. The fraction of sp³-hybridized carbons (Fsp3) is 0.929. The first-order valence-electron chi connectivity index (χ1n) is 6.92. The molecule has 0 radical (unpaired) electrons. The van der Waals surface area contributed by atoms with Gasteiger partial charge in [-0.25, -0.2) is 0 Å². The number of rotatable bonds is 4. The van der Waals surface area contributed by atoms with Gasteiger partial charge in [0, 0.05) is 6.04 Å². The number of ether oxygens (including phenoxy) is 1. The third kappa shape index (κ3) is 3.01. The van der Waals surface area contributed by atoms with Crippen molar-refractivity contribution < 1.29 is 9.53 Å². The predicted octanol–water partition coefficient (Wildman–Crippen LogP) is 2.64. The molecule has 1 atom stereocenters. The summed E-state index contributed by atoms with van der Waals surface area (Å²) in [5, 5.41) is 3.57. The van der Waals surface area contributed by atoms with Crippen LogP contribution in [-0.2, 0) is 9.53 Å². The number of hydrogen-bond acceptors (Lipinski definition) is 3. The van der Waals surface area contributed by atoms with E-state index >= 15 is 0 Å². The lowest BCUT2D eigenvalue weighted by Gasteiger charge is -2.43. The zero-order valence-electron chi connectivity index (χ0n) is 11.3. The Kier molecular flexibility index (Phi) is 3.48. The summed E-state index contributed by atoms with van der Waals surface area (Å²) in [5.74, 6) is -0.0281. The van der Waals surface area contributed by atoms with Crippen molar-refractivity contribution in [3.8, 4) is 0 Å². The molecule has 0 saturated heterocycles. The fourth-order valence-electron chi connectivity index (χ4n) is 3.11. The maximum absolute atomic E-state index is 12.3. The van der Waals surface area contributed by atoms with Crippen LogP contribution >= 0.6 is 0 Å². The largest absolute Gasteiger partial charge is 0.465 e. The van der Waals surface area contributed by atoms with Crippen molar-refractivity contribution in [2.75, 3.05) is 6.61 Å². The van der Waals surface area contributed by atoms with Crippen molar-refractivity contribution in [1.29, 1.82) is 0 Å². The molecule has 0 heterocycles. The minimum Gasteiger partial charge on any atom is -0.465 e. The molecule has 1 N–H and O–H groups in total. The predicted molar refractivity (Wildman–Crippen MR) is 67.8 cm³/mol. The number of carbonyl (C=O) groups excluding carboxylic acids is 1. The van der Waals surface area contributed by atoms with E-state index in [1.165, 1.54) is 19.3 Å². The van der Waals surface area contributed by atoms with Crippen LogP contribution in [0.1, 0.15) is 59.3 Å². The number of hydrogen-bond donors (Lipinski definition) is 1. The van der Waals surface area contributed by atoms with Crippen LogP contribution in [0.25, 0.3) is 0 Å². The van der Waals surface area contributed by atoms with E-state index in [2.05, 4.69) is 19.2 Å². The third-order valence-electron chi connectivity index (χ3n) is 3.96. The van der Waals surface area contributed by atoms with Gasteiger partial charge in [-0.3, -0.25) is 10.1 Å². The van der Waals surface area contributed by atoms with Gasteiger partial charge in [0.2, 0.25) is 0 Å². The van der Waals surface area contributed by atoms with Crippen LogP contribution in [0.3, 0.4) is 0 Å². The van der Waals surface area contributed by atoms with Crippen LogP contribution in [0.15, 0.2) is 0 Å². The van der Waals surface area contributed by atoms with E-state index in [0.29, 0.717) is 12.6 Å². The van der Waals surface area contributed by atoms with Crippen molar-refractivity contribution >= 4 is 5.97 Å². The smallest absolute Gasteiger partial charge is 0.326 e. The van der Waals surface area contributed by atoms with Crippen molar-refractivity contribution in [3.05, 3.63) is 0 Å². The minimum atomic E-state index is -0.404. The lowest BCUT2D eigenvalue weighted by Crippen LogP contribution is -2.57. The topological polar surface area (TPSA) is 38.3 Å². The molecular formula is C14H25NO2. The van der Waals surface area contributed by atoms with Gasteiger partial charge in [-0.15, -0.1) is 0 Å². The van der Waals surface area contributed by atoms with Crippen LogP contribution in [0.2, 0.25) is 0 Å². The average molecular weight is 239 g/mol. The number of esters is 1. The molecule has 2 saturated carbocycles. The standard InChI is InChI=1S/C14H25NO2/c1-4-17-12(16)14(15-11-6-7-11)9-5-8-13(2,3)10-14/h11,15H,4-10H2,1-3H3. The molecule has 2 fully saturated rings. The molecule has 0 spiro atoms. The normalized spacial score (nSPS) is 32.2. The zero-order valence-corrected chi connectivity index (χ0v) is 11.3. The van der Waals surface area contributed by atoms with E-state index in [0.717, 1.165) is 19.3 Å². The molecule has 0 bridgehead atoms. The van der Waals surface area contributed by atoms with Gasteiger partial charge in [-0.2, -0.15) is 0 Å². The van der Waals surface area contributed by atoms with Gasteiger partial charge in [-0.1, -0.05) is 20.3 Å². The minimum absolute atomic E-state index is 0.0281. The van der Waals surface area contributed by atoms with Crippen LogP contribution < -0.4 is 5.32 Å². The van der Waals surface area contributed by atoms with E-state index in [-0.39, 0.29) is 11.4 Å². The molecule has 0 aromatic carbocycles. The van der Waals surface area contributed by atoms with Gasteiger partial charge in [0.05, 0.1) is 6.61 Å². The van der Waals surface area contributed by atoms with Gasteiger partial charge >= 0.3 is 5.97 Å². The highest BCUT2D eigenvalue weighted by Crippen LogP contribution is 2.43. The molecule has 0 aromatic heterocycles. The summed E-state index contributed by atoms with van der Waals surface area (Å²) in [6.45, 7) is 6.88. The summed E-state index contributed by atoms with van der Waals surface area (Å²) >= 11 is 0. The second kappa shape index (κ2) is 4.60. The first-order valence-corrected chi connectivity index (χ1v) is 6.92. The van der Waals surface area contributed by atoms with E-state index in [1.54, 1.807) is 0 Å². The Bertz CT molecular complexity index is 297. The van der Waals surface area contributed by atoms with Crippen molar-refractivity contribution in [3.63, 3.8) is 0 Å². The molecule has 3 heteroatoms. The third-order valence-corrected chi connectivity index (χ3v) is 3.96. The Balaban J connectivity index is 2.12. The van der Waals surface area contributed by atoms with Crippen molar-refractivity contribution in [2.45, 2.75) is 70.9 Å². The summed E-state index contributed by atoms with van der Waals surface area (Å²) < 4.78 is 5.31. The zero-order chi connectivity index (χ0) is 12.5. The first-order chi connectivity index (χ1) is 7.97. The van der Waals surface area contributed by atoms with E-state index < -0.39 is 5.54 Å². The molecule has 17 heavy (non-hydrogen) atoms. The Morgan fingerprint density at radius 1 is 1.35 bits per heavy atom. The SMILES string of the molecule is CCOC(=O)C1(NC2CC2)CCCC(C)(C)C1. The van der Waals surface area contributed by atoms with Crippen molar-refractivity contribution in [2.24, 2.45) is 5.41 Å². The second-order valence-corrected chi connectivity index (χ2v) is 6.42. The molecule has 3 nitrogen and oxygen atoms in total. The Hall–Kier alpha value is -0.570.